The molecule has 2 rings (SSSR count). The Morgan fingerprint density at radius 1 is 1.40 bits per heavy atom. The molecule has 0 radical (unpaired) electrons. The first-order chi connectivity index (χ1) is 7.20. The highest BCUT2D eigenvalue weighted by molar-refractivity contribution is 9.10. The van der Waals surface area contributed by atoms with Crippen molar-refractivity contribution >= 4 is 27.5 Å². The van der Waals surface area contributed by atoms with E-state index in [9.17, 15) is 4.39 Å². The molecule has 15 heavy (non-hydrogen) atoms. The topological polar surface area (TPSA) is 12.0 Å². The largest absolute Gasteiger partial charge is 0.310 e. The summed E-state index contributed by atoms with van der Waals surface area (Å²) < 4.78 is 14.5. The molecule has 0 aromatic heterocycles. The Morgan fingerprint density at radius 3 is 2.87 bits per heavy atom. The van der Waals surface area contributed by atoms with Crippen LogP contribution in [0.25, 0.3) is 0 Å². The van der Waals surface area contributed by atoms with Crippen LogP contribution < -0.4 is 5.32 Å². The van der Waals surface area contributed by atoms with Gasteiger partial charge in [-0.05, 0) is 41.4 Å². The van der Waals surface area contributed by atoms with Gasteiger partial charge in [-0.25, -0.2) is 4.39 Å². The normalized spacial score (nSPS) is 21.7. The second kappa shape index (κ2) is 4.81. The molecule has 4 heteroatoms. The van der Waals surface area contributed by atoms with Gasteiger partial charge in [0.25, 0.3) is 0 Å². The number of hydrogen-bond acceptors (Lipinski definition) is 1. The van der Waals surface area contributed by atoms with Crippen molar-refractivity contribution < 1.29 is 4.39 Å². The van der Waals surface area contributed by atoms with E-state index in [1.165, 1.54) is 6.42 Å². The first kappa shape index (κ1) is 11.4. The van der Waals surface area contributed by atoms with Crippen LogP contribution in [0.1, 0.15) is 30.9 Å². The van der Waals surface area contributed by atoms with E-state index in [0.717, 1.165) is 19.4 Å². The number of piperidine rings is 1. The van der Waals surface area contributed by atoms with Crippen molar-refractivity contribution in [2.24, 2.45) is 0 Å². The monoisotopic (exact) mass is 291 g/mol. The van der Waals surface area contributed by atoms with Gasteiger partial charge in [-0.1, -0.05) is 24.1 Å². The molecule has 0 spiro atoms. The summed E-state index contributed by atoms with van der Waals surface area (Å²) in [4.78, 5) is 0. The van der Waals surface area contributed by atoms with Crippen molar-refractivity contribution in [1.82, 2.24) is 5.32 Å². The third-order valence-corrected chi connectivity index (χ3v) is 4.01. The Labute approximate surface area is 102 Å². The number of nitrogens with one attached hydrogen (secondary N) is 1. The minimum Gasteiger partial charge on any atom is -0.310 e. The molecular formula is C11H12BrClFN. The molecule has 1 fully saturated rings. The van der Waals surface area contributed by atoms with Crippen LogP contribution in [0.3, 0.4) is 0 Å². The van der Waals surface area contributed by atoms with Crippen LogP contribution in [0.4, 0.5) is 4.39 Å². The number of hydrogen-bond donors (Lipinski definition) is 1. The molecule has 1 unspecified atom stereocenters. The van der Waals surface area contributed by atoms with E-state index in [-0.39, 0.29) is 16.9 Å². The van der Waals surface area contributed by atoms with Crippen LogP contribution in [-0.2, 0) is 0 Å². The van der Waals surface area contributed by atoms with E-state index in [0.29, 0.717) is 10.0 Å². The molecule has 1 atom stereocenters. The van der Waals surface area contributed by atoms with Crippen LogP contribution in [0, 0.1) is 5.82 Å². The molecule has 1 saturated heterocycles. The van der Waals surface area contributed by atoms with Gasteiger partial charge in [-0.3, -0.25) is 0 Å². The Morgan fingerprint density at radius 2 is 2.20 bits per heavy atom. The summed E-state index contributed by atoms with van der Waals surface area (Å²) in [5.74, 6) is -0.301. The Kier molecular flexibility index (Phi) is 3.65. The fourth-order valence-corrected chi connectivity index (χ4v) is 2.41. The van der Waals surface area contributed by atoms with Gasteiger partial charge in [0, 0.05) is 16.1 Å². The predicted octanol–water partition coefficient (Wildman–Crippen LogP) is 4.06. The van der Waals surface area contributed by atoms with Crippen molar-refractivity contribution in [3.63, 3.8) is 0 Å². The molecule has 1 aliphatic heterocycles. The van der Waals surface area contributed by atoms with Crippen molar-refractivity contribution in [1.29, 1.82) is 0 Å². The van der Waals surface area contributed by atoms with E-state index in [1.54, 1.807) is 12.1 Å². The van der Waals surface area contributed by atoms with E-state index in [2.05, 4.69) is 21.2 Å². The molecule has 1 nitrogen and oxygen atoms in total. The standard InChI is InChI=1S/C11H12BrClFN/c12-8-5-4-7(11(14)10(8)13)9-3-1-2-6-15-9/h4-5,9,15H,1-3,6H2. The average molecular weight is 293 g/mol. The number of rotatable bonds is 1. The van der Waals surface area contributed by atoms with Crippen LogP contribution in [0.15, 0.2) is 16.6 Å². The third-order valence-electron chi connectivity index (χ3n) is 2.75. The zero-order chi connectivity index (χ0) is 10.8. The van der Waals surface area contributed by atoms with Crippen LogP contribution in [0.2, 0.25) is 5.02 Å². The smallest absolute Gasteiger partial charge is 0.147 e. The first-order valence-corrected chi connectivity index (χ1v) is 6.24. The lowest BCUT2D eigenvalue weighted by molar-refractivity contribution is 0.400. The maximum absolute atomic E-state index is 13.8. The van der Waals surface area contributed by atoms with Gasteiger partial charge in [0.15, 0.2) is 0 Å². The highest BCUT2D eigenvalue weighted by Gasteiger charge is 2.20. The van der Waals surface area contributed by atoms with Gasteiger partial charge in [0.05, 0.1) is 5.02 Å². The first-order valence-electron chi connectivity index (χ1n) is 5.07. The molecule has 0 bridgehead atoms. The van der Waals surface area contributed by atoms with Crippen LogP contribution in [-0.4, -0.2) is 6.54 Å². The third kappa shape index (κ3) is 2.35. The summed E-state index contributed by atoms with van der Waals surface area (Å²) in [7, 11) is 0. The molecule has 1 aliphatic rings. The predicted molar refractivity (Wildman–Crippen MR) is 63.7 cm³/mol. The lowest BCUT2D eigenvalue weighted by atomic mass is 9.97. The Bertz CT molecular complexity index is 364. The highest BCUT2D eigenvalue weighted by atomic mass is 79.9. The van der Waals surface area contributed by atoms with E-state index in [1.807, 2.05) is 0 Å². The van der Waals surface area contributed by atoms with Gasteiger partial charge in [-0.2, -0.15) is 0 Å². The summed E-state index contributed by atoms with van der Waals surface area (Å²) in [5, 5.41) is 3.49. The Hall–Kier alpha value is -0.120. The molecule has 1 aromatic carbocycles. The van der Waals surface area contributed by atoms with Crippen LogP contribution >= 0.6 is 27.5 Å². The second-order valence-corrected chi connectivity index (χ2v) is 5.00. The van der Waals surface area contributed by atoms with E-state index < -0.39 is 0 Å². The fourth-order valence-electron chi connectivity index (χ4n) is 1.93. The van der Waals surface area contributed by atoms with Crippen LogP contribution in [0.5, 0.6) is 0 Å². The zero-order valence-electron chi connectivity index (χ0n) is 8.19. The molecule has 1 aromatic rings. The van der Waals surface area contributed by atoms with Gasteiger partial charge >= 0.3 is 0 Å². The van der Waals surface area contributed by atoms with Crippen molar-refractivity contribution in [2.75, 3.05) is 6.54 Å². The summed E-state index contributed by atoms with van der Waals surface area (Å²) in [6, 6.07) is 3.72. The minimum atomic E-state index is -0.301. The molecule has 82 valence electrons. The summed E-state index contributed by atoms with van der Waals surface area (Å²) in [6.45, 7) is 0.956. The molecule has 0 amide bonds. The van der Waals surface area contributed by atoms with E-state index >= 15 is 0 Å². The molecule has 1 N–H and O–H groups in total. The molecule has 0 saturated carbocycles. The van der Waals surface area contributed by atoms with Gasteiger partial charge in [0.2, 0.25) is 0 Å². The number of benzene rings is 1. The zero-order valence-corrected chi connectivity index (χ0v) is 10.5. The quantitative estimate of drug-likeness (QED) is 0.770. The summed E-state index contributed by atoms with van der Waals surface area (Å²) in [5.41, 5.74) is 0.683. The summed E-state index contributed by atoms with van der Waals surface area (Å²) in [6.07, 6.45) is 3.29. The highest BCUT2D eigenvalue weighted by Crippen LogP contribution is 2.32. The fraction of sp³-hybridized carbons (Fsp3) is 0.455. The van der Waals surface area contributed by atoms with Crippen molar-refractivity contribution in [3.05, 3.63) is 33.0 Å². The SMILES string of the molecule is Fc1c(C2CCCCN2)ccc(Br)c1Cl. The van der Waals surface area contributed by atoms with Gasteiger partial charge < -0.3 is 5.32 Å². The average Bonchev–Trinajstić information content (AvgIpc) is 2.27. The van der Waals surface area contributed by atoms with Crippen molar-refractivity contribution in [3.8, 4) is 0 Å². The van der Waals surface area contributed by atoms with Gasteiger partial charge in [0.1, 0.15) is 5.82 Å². The van der Waals surface area contributed by atoms with Gasteiger partial charge in [-0.15, -0.1) is 0 Å². The molecule has 1 heterocycles. The van der Waals surface area contributed by atoms with Crippen molar-refractivity contribution in [2.45, 2.75) is 25.3 Å². The lowest BCUT2D eigenvalue weighted by Gasteiger charge is -2.24. The Balaban J connectivity index is 2.31. The molecule has 0 aliphatic carbocycles. The van der Waals surface area contributed by atoms with E-state index in [4.69, 9.17) is 11.6 Å². The second-order valence-electron chi connectivity index (χ2n) is 3.77. The maximum Gasteiger partial charge on any atom is 0.147 e. The molecular weight excluding hydrogens is 280 g/mol. The lowest BCUT2D eigenvalue weighted by Crippen LogP contribution is -2.27. The number of halogens is 3. The maximum atomic E-state index is 13.8. The minimum absolute atomic E-state index is 0.115. The summed E-state index contributed by atoms with van der Waals surface area (Å²) >= 11 is 9.06.